The van der Waals surface area contributed by atoms with Crippen LogP contribution in [0.1, 0.15) is 59.9 Å². The predicted molar refractivity (Wildman–Crippen MR) is 89.2 cm³/mol. The molecule has 3 rings (SSSR count). The Kier molecular flexibility index (Phi) is 4.09. The molecule has 7 nitrogen and oxygen atoms in total. The van der Waals surface area contributed by atoms with Gasteiger partial charge in [0.25, 0.3) is 11.6 Å². The highest BCUT2D eigenvalue weighted by Crippen LogP contribution is 2.27. The third-order valence-electron chi connectivity index (χ3n) is 3.97. The normalized spacial score (nSPS) is 11.4. The van der Waals surface area contributed by atoms with Crippen LogP contribution in [0, 0.1) is 13.8 Å². The number of nitrogens with one attached hydrogen (secondary N) is 1. The maximum absolute atomic E-state index is 12.9. The summed E-state index contributed by atoms with van der Waals surface area (Å²) in [6.07, 6.45) is 0.645. The van der Waals surface area contributed by atoms with Crippen LogP contribution in [0.2, 0.25) is 0 Å². The van der Waals surface area contributed by atoms with E-state index in [2.05, 4.69) is 20.6 Å². The SMILES string of the molecule is CCc1onc(C)c1NC(=O)c1cc(C(C)C)nc2onc(C)c12. The Hall–Kier alpha value is -2.70. The molecule has 3 aromatic rings. The fourth-order valence-corrected chi connectivity index (χ4v) is 2.59. The molecule has 3 heterocycles. The summed E-state index contributed by atoms with van der Waals surface area (Å²) in [4.78, 5) is 17.3. The van der Waals surface area contributed by atoms with Gasteiger partial charge in [0.2, 0.25) is 0 Å². The van der Waals surface area contributed by atoms with Gasteiger partial charge >= 0.3 is 0 Å². The largest absolute Gasteiger partial charge is 0.359 e. The molecule has 0 aliphatic heterocycles. The first-order valence-electron chi connectivity index (χ1n) is 7.95. The van der Waals surface area contributed by atoms with Gasteiger partial charge in [0.1, 0.15) is 11.4 Å². The number of carbonyl (C=O) groups excluding carboxylic acids is 1. The van der Waals surface area contributed by atoms with Crippen LogP contribution < -0.4 is 5.32 Å². The van der Waals surface area contributed by atoms with Crippen LogP contribution in [0.15, 0.2) is 15.1 Å². The highest BCUT2D eigenvalue weighted by molar-refractivity contribution is 6.12. The summed E-state index contributed by atoms with van der Waals surface area (Å²) in [5.41, 5.74) is 3.55. The fraction of sp³-hybridized carbons (Fsp3) is 0.412. The van der Waals surface area contributed by atoms with E-state index in [-0.39, 0.29) is 11.8 Å². The molecule has 1 N–H and O–H groups in total. The highest BCUT2D eigenvalue weighted by Gasteiger charge is 2.22. The van der Waals surface area contributed by atoms with Crippen LogP contribution in [-0.2, 0) is 6.42 Å². The number of pyridine rings is 1. The van der Waals surface area contributed by atoms with Gasteiger partial charge in [-0.15, -0.1) is 0 Å². The molecule has 0 aliphatic carbocycles. The van der Waals surface area contributed by atoms with Crippen molar-refractivity contribution in [1.82, 2.24) is 15.3 Å². The monoisotopic (exact) mass is 328 g/mol. The van der Waals surface area contributed by atoms with Crippen LogP contribution in [0.4, 0.5) is 5.69 Å². The van der Waals surface area contributed by atoms with Gasteiger partial charge in [-0.25, -0.2) is 4.98 Å². The molecule has 24 heavy (non-hydrogen) atoms. The van der Waals surface area contributed by atoms with Gasteiger partial charge in [0.15, 0.2) is 5.76 Å². The second kappa shape index (κ2) is 6.07. The summed E-state index contributed by atoms with van der Waals surface area (Å²) < 4.78 is 10.5. The summed E-state index contributed by atoms with van der Waals surface area (Å²) in [7, 11) is 0. The summed E-state index contributed by atoms with van der Waals surface area (Å²) in [5.74, 6) is 0.559. The topological polar surface area (TPSA) is 94.1 Å². The van der Waals surface area contributed by atoms with Gasteiger partial charge in [-0.05, 0) is 25.8 Å². The molecule has 0 aliphatic rings. The van der Waals surface area contributed by atoms with Crippen molar-refractivity contribution in [2.24, 2.45) is 0 Å². The first kappa shape index (κ1) is 16.2. The molecule has 0 unspecified atom stereocenters. The van der Waals surface area contributed by atoms with Crippen LogP contribution in [-0.4, -0.2) is 21.2 Å². The molecule has 0 radical (unpaired) electrons. The number of hydrogen-bond acceptors (Lipinski definition) is 6. The lowest BCUT2D eigenvalue weighted by Gasteiger charge is -2.09. The van der Waals surface area contributed by atoms with Crippen molar-refractivity contribution in [2.45, 2.75) is 47.0 Å². The van der Waals surface area contributed by atoms with Crippen LogP contribution in [0.5, 0.6) is 0 Å². The molecule has 0 bridgehead atoms. The number of aryl methyl sites for hydroxylation is 3. The van der Waals surface area contributed by atoms with Crippen molar-refractivity contribution in [3.8, 4) is 0 Å². The lowest BCUT2D eigenvalue weighted by molar-refractivity contribution is 0.102. The second-order valence-corrected chi connectivity index (χ2v) is 6.07. The molecule has 0 saturated heterocycles. The number of hydrogen-bond donors (Lipinski definition) is 1. The number of carbonyl (C=O) groups is 1. The zero-order valence-corrected chi connectivity index (χ0v) is 14.4. The van der Waals surface area contributed by atoms with E-state index in [1.807, 2.05) is 20.8 Å². The predicted octanol–water partition coefficient (Wildman–Crippen LogP) is 3.77. The third-order valence-corrected chi connectivity index (χ3v) is 3.97. The fourth-order valence-electron chi connectivity index (χ4n) is 2.59. The minimum atomic E-state index is -0.253. The summed E-state index contributed by atoms with van der Waals surface area (Å²) in [6, 6.07) is 1.79. The quantitative estimate of drug-likeness (QED) is 0.783. The number of nitrogens with zero attached hydrogens (tertiary/aromatic N) is 3. The van der Waals surface area contributed by atoms with Crippen LogP contribution >= 0.6 is 0 Å². The van der Waals surface area contributed by atoms with Gasteiger partial charge < -0.3 is 14.4 Å². The van der Waals surface area contributed by atoms with E-state index in [0.29, 0.717) is 45.9 Å². The van der Waals surface area contributed by atoms with Crippen LogP contribution in [0.25, 0.3) is 11.1 Å². The van der Waals surface area contributed by atoms with Gasteiger partial charge in [0.05, 0.1) is 16.6 Å². The number of amides is 1. The number of aromatic nitrogens is 3. The molecule has 1 amide bonds. The van der Waals surface area contributed by atoms with E-state index >= 15 is 0 Å². The minimum Gasteiger partial charge on any atom is -0.359 e. The van der Waals surface area contributed by atoms with Gasteiger partial charge in [0, 0.05) is 12.1 Å². The first-order chi connectivity index (χ1) is 11.4. The highest BCUT2D eigenvalue weighted by atomic mass is 16.5. The Bertz CT molecular complexity index is 908. The van der Waals surface area contributed by atoms with E-state index in [0.717, 1.165) is 5.69 Å². The standard InChI is InChI=1S/C17H20N4O3/c1-6-13-15(10(5)21-23-13)19-16(22)11-7-12(8(2)3)18-17-14(11)9(4)20-24-17/h7-8H,6H2,1-5H3,(H,19,22). The van der Waals surface area contributed by atoms with Crippen molar-refractivity contribution in [2.75, 3.05) is 5.32 Å². The van der Waals surface area contributed by atoms with Gasteiger partial charge in [-0.2, -0.15) is 0 Å². The van der Waals surface area contributed by atoms with Crippen molar-refractivity contribution in [3.63, 3.8) is 0 Å². The average Bonchev–Trinajstić information content (AvgIpc) is 3.10. The van der Waals surface area contributed by atoms with Crippen molar-refractivity contribution in [3.05, 3.63) is 34.5 Å². The van der Waals surface area contributed by atoms with Gasteiger partial charge in [-0.1, -0.05) is 31.1 Å². The van der Waals surface area contributed by atoms with E-state index in [4.69, 9.17) is 9.05 Å². The van der Waals surface area contributed by atoms with E-state index in [9.17, 15) is 4.79 Å². The van der Waals surface area contributed by atoms with Crippen LogP contribution in [0.3, 0.4) is 0 Å². The molecule has 0 atom stereocenters. The number of anilines is 1. The maximum atomic E-state index is 12.9. The number of fused-ring (bicyclic) bond motifs is 1. The Balaban J connectivity index is 2.09. The Morgan fingerprint density at radius 1 is 1.21 bits per heavy atom. The lowest BCUT2D eigenvalue weighted by Crippen LogP contribution is -2.15. The Morgan fingerprint density at radius 3 is 2.58 bits per heavy atom. The number of rotatable bonds is 4. The molecule has 3 aromatic heterocycles. The Labute approximate surface area is 139 Å². The maximum Gasteiger partial charge on any atom is 0.259 e. The van der Waals surface area contributed by atoms with E-state index in [1.165, 1.54) is 0 Å². The summed E-state index contributed by atoms with van der Waals surface area (Å²) >= 11 is 0. The molecule has 0 spiro atoms. The second-order valence-electron chi connectivity index (χ2n) is 6.07. The van der Waals surface area contributed by atoms with Crippen molar-refractivity contribution >= 4 is 22.7 Å². The average molecular weight is 328 g/mol. The van der Waals surface area contributed by atoms with Crippen molar-refractivity contribution < 1.29 is 13.8 Å². The molecule has 0 aromatic carbocycles. The zero-order valence-electron chi connectivity index (χ0n) is 14.4. The molecular formula is C17H20N4O3. The lowest BCUT2D eigenvalue weighted by atomic mass is 10.0. The Morgan fingerprint density at radius 2 is 1.92 bits per heavy atom. The molecule has 0 fully saturated rings. The molecular weight excluding hydrogens is 308 g/mol. The first-order valence-corrected chi connectivity index (χ1v) is 7.95. The zero-order chi connectivity index (χ0) is 17.4. The minimum absolute atomic E-state index is 0.162. The molecule has 7 heteroatoms. The summed E-state index contributed by atoms with van der Waals surface area (Å²) in [6.45, 7) is 9.56. The van der Waals surface area contributed by atoms with Gasteiger partial charge in [-0.3, -0.25) is 4.79 Å². The molecule has 126 valence electrons. The van der Waals surface area contributed by atoms with E-state index < -0.39 is 0 Å². The summed E-state index contributed by atoms with van der Waals surface area (Å²) in [5, 5.41) is 11.4. The smallest absolute Gasteiger partial charge is 0.259 e. The third kappa shape index (κ3) is 2.66. The van der Waals surface area contributed by atoms with E-state index in [1.54, 1.807) is 19.9 Å². The molecule has 0 saturated carbocycles. The van der Waals surface area contributed by atoms with Crippen molar-refractivity contribution in [1.29, 1.82) is 0 Å².